The Balaban J connectivity index is 1.32. The summed E-state index contributed by atoms with van der Waals surface area (Å²) in [7, 11) is 0. The third kappa shape index (κ3) is 4.57. The molecular formula is C23H32N4O3. The zero-order valence-corrected chi connectivity index (χ0v) is 17.8. The zero-order valence-electron chi connectivity index (χ0n) is 17.8. The van der Waals surface area contributed by atoms with Gasteiger partial charge in [0.2, 0.25) is 5.91 Å². The van der Waals surface area contributed by atoms with Crippen LogP contribution in [0.3, 0.4) is 0 Å². The van der Waals surface area contributed by atoms with Gasteiger partial charge < -0.3 is 14.9 Å². The van der Waals surface area contributed by atoms with Crippen molar-refractivity contribution >= 4 is 16.8 Å². The van der Waals surface area contributed by atoms with Gasteiger partial charge in [-0.1, -0.05) is 18.6 Å². The number of aromatic nitrogens is 2. The monoisotopic (exact) mass is 412 g/mol. The van der Waals surface area contributed by atoms with Crippen LogP contribution >= 0.6 is 0 Å². The molecule has 7 nitrogen and oxygen atoms in total. The summed E-state index contributed by atoms with van der Waals surface area (Å²) in [5, 5.41) is 11.6. The highest BCUT2D eigenvalue weighted by atomic mass is 16.3. The second-order valence-corrected chi connectivity index (χ2v) is 8.93. The normalized spacial score (nSPS) is 22.3. The minimum absolute atomic E-state index is 0.136. The van der Waals surface area contributed by atoms with Gasteiger partial charge in [0.25, 0.3) is 5.56 Å². The fourth-order valence-electron chi connectivity index (χ4n) is 4.75. The summed E-state index contributed by atoms with van der Waals surface area (Å²) >= 11 is 0. The molecule has 7 heteroatoms. The Kier molecular flexibility index (Phi) is 6.20. The second-order valence-electron chi connectivity index (χ2n) is 8.93. The Morgan fingerprint density at radius 3 is 2.73 bits per heavy atom. The van der Waals surface area contributed by atoms with E-state index in [2.05, 4.69) is 16.8 Å². The molecule has 1 unspecified atom stereocenters. The van der Waals surface area contributed by atoms with Crippen LogP contribution < -0.4 is 5.56 Å². The van der Waals surface area contributed by atoms with Gasteiger partial charge in [-0.25, -0.2) is 4.98 Å². The van der Waals surface area contributed by atoms with Gasteiger partial charge in [0.1, 0.15) is 0 Å². The van der Waals surface area contributed by atoms with Crippen LogP contribution in [0.1, 0.15) is 45.4 Å². The maximum absolute atomic E-state index is 12.7. The third-order valence-corrected chi connectivity index (χ3v) is 6.80. The van der Waals surface area contributed by atoms with Crippen LogP contribution in [0, 0.1) is 0 Å². The molecule has 0 spiro atoms. The van der Waals surface area contributed by atoms with Crippen LogP contribution in [0.5, 0.6) is 0 Å². The first kappa shape index (κ1) is 21.0. The summed E-state index contributed by atoms with van der Waals surface area (Å²) in [4.78, 5) is 34.0. The highest BCUT2D eigenvalue weighted by Crippen LogP contribution is 2.25. The van der Waals surface area contributed by atoms with Gasteiger partial charge >= 0.3 is 0 Å². The number of benzene rings is 1. The van der Waals surface area contributed by atoms with E-state index in [1.54, 1.807) is 6.07 Å². The summed E-state index contributed by atoms with van der Waals surface area (Å²) in [5.41, 5.74) is -0.469. The van der Waals surface area contributed by atoms with Gasteiger partial charge in [-0.05, 0) is 51.3 Å². The molecule has 4 rings (SSSR count). The predicted molar refractivity (Wildman–Crippen MR) is 116 cm³/mol. The van der Waals surface area contributed by atoms with Crippen molar-refractivity contribution in [2.24, 2.45) is 0 Å². The fraction of sp³-hybridized carbons (Fsp3) is 0.609. The van der Waals surface area contributed by atoms with Gasteiger partial charge in [-0.3, -0.25) is 14.2 Å². The lowest BCUT2D eigenvalue weighted by Crippen LogP contribution is -2.50. The molecule has 2 aromatic rings. The topological polar surface area (TPSA) is 78.7 Å². The molecule has 1 atom stereocenters. The number of piperidine rings is 2. The van der Waals surface area contributed by atoms with Crippen LogP contribution in [-0.4, -0.2) is 68.2 Å². The fourth-order valence-corrected chi connectivity index (χ4v) is 4.75. The van der Waals surface area contributed by atoms with Gasteiger partial charge in [-0.2, -0.15) is 0 Å². The predicted octanol–water partition coefficient (Wildman–Crippen LogP) is 2.01. The molecule has 1 aromatic carbocycles. The van der Waals surface area contributed by atoms with Crippen LogP contribution in [0.4, 0.5) is 0 Å². The molecule has 0 bridgehead atoms. The van der Waals surface area contributed by atoms with E-state index in [-0.39, 0.29) is 18.0 Å². The summed E-state index contributed by atoms with van der Waals surface area (Å²) in [6.07, 6.45) is 6.71. The van der Waals surface area contributed by atoms with E-state index in [1.807, 2.05) is 23.1 Å². The standard InChI is InChI=1S/C23H32N4O3/c1-18-6-4-5-12-25(18)13-9-21(28)26-14-10-23(30,11-15-26)16-27-17-24-20-8-3-2-7-19(20)22(27)29/h2-3,7-8,17-18,30H,4-6,9-16H2,1H3. The van der Waals surface area contributed by atoms with Crippen LogP contribution in [-0.2, 0) is 11.3 Å². The number of hydrogen-bond acceptors (Lipinski definition) is 5. The minimum atomic E-state index is -0.994. The largest absolute Gasteiger partial charge is 0.388 e. The molecule has 2 aliphatic rings. The highest BCUT2D eigenvalue weighted by Gasteiger charge is 2.34. The van der Waals surface area contributed by atoms with E-state index in [0.29, 0.717) is 49.3 Å². The van der Waals surface area contributed by atoms with Crippen molar-refractivity contribution in [3.63, 3.8) is 0 Å². The molecule has 2 fully saturated rings. The maximum Gasteiger partial charge on any atom is 0.261 e. The van der Waals surface area contributed by atoms with Crippen molar-refractivity contribution in [2.45, 2.75) is 63.6 Å². The van der Waals surface area contributed by atoms with Crippen LogP contribution in [0.15, 0.2) is 35.4 Å². The minimum Gasteiger partial charge on any atom is -0.388 e. The molecule has 2 saturated heterocycles. The molecule has 2 aliphatic heterocycles. The molecule has 0 radical (unpaired) electrons. The molecule has 30 heavy (non-hydrogen) atoms. The molecule has 0 aliphatic carbocycles. The average molecular weight is 413 g/mol. The Hall–Kier alpha value is -2.25. The summed E-state index contributed by atoms with van der Waals surface area (Å²) in [5.74, 6) is 0.166. The number of para-hydroxylation sites is 1. The van der Waals surface area contributed by atoms with Gasteiger partial charge in [0.05, 0.1) is 29.4 Å². The number of amides is 1. The van der Waals surface area contributed by atoms with Gasteiger partial charge in [0.15, 0.2) is 0 Å². The summed E-state index contributed by atoms with van der Waals surface area (Å²) in [6.45, 7) is 5.41. The number of hydrogen-bond donors (Lipinski definition) is 1. The second kappa shape index (κ2) is 8.86. The first-order chi connectivity index (χ1) is 14.5. The van der Waals surface area contributed by atoms with Crippen molar-refractivity contribution in [3.05, 3.63) is 40.9 Å². The Morgan fingerprint density at radius 2 is 1.97 bits per heavy atom. The Morgan fingerprint density at radius 1 is 1.20 bits per heavy atom. The van der Waals surface area contributed by atoms with E-state index in [9.17, 15) is 14.7 Å². The lowest BCUT2D eigenvalue weighted by atomic mass is 9.91. The lowest BCUT2D eigenvalue weighted by molar-refractivity contribution is -0.136. The molecule has 1 N–H and O–H groups in total. The Labute approximate surface area is 177 Å². The van der Waals surface area contributed by atoms with E-state index in [0.717, 1.165) is 13.1 Å². The SMILES string of the molecule is CC1CCCCN1CCC(=O)N1CCC(O)(Cn2cnc3ccccc3c2=O)CC1. The van der Waals surface area contributed by atoms with Gasteiger partial charge in [-0.15, -0.1) is 0 Å². The van der Waals surface area contributed by atoms with Crippen molar-refractivity contribution in [3.8, 4) is 0 Å². The quantitative estimate of drug-likeness (QED) is 0.813. The first-order valence-electron chi connectivity index (χ1n) is 11.1. The lowest BCUT2D eigenvalue weighted by Gasteiger charge is -2.39. The number of carbonyl (C=O) groups excluding carboxylic acids is 1. The van der Waals surface area contributed by atoms with E-state index >= 15 is 0 Å². The number of carbonyl (C=O) groups is 1. The molecule has 1 aromatic heterocycles. The molecule has 0 saturated carbocycles. The number of nitrogens with zero attached hydrogens (tertiary/aromatic N) is 4. The van der Waals surface area contributed by atoms with E-state index in [4.69, 9.17) is 0 Å². The van der Waals surface area contributed by atoms with Crippen molar-refractivity contribution < 1.29 is 9.90 Å². The highest BCUT2D eigenvalue weighted by molar-refractivity contribution is 5.77. The molecular weight excluding hydrogens is 380 g/mol. The van der Waals surface area contributed by atoms with Crippen molar-refractivity contribution in [1.29, 1.82) is 0 Å². The molecule has 162 valence electrons. The van der Waals surface area contributed by atoms with Gasteiger partial charge in [0, 0.05) is 32.1 Å². The van der Waals surface area contributed by atoms with Crippen LogP contribution in [0.2, 0.25) is 0 Å². The molecule has 1 amide bonds. The van der Waals surface area contributed by atoms with E-state index in [1.165, 1.54) is 30.2 Å². The van der Waals surface area contributed by atoms with E-state index < -0.39 is 5.60 Å². The third-order valence-electron chi connectivity index (χ3n) is 6.80. The number of rotatable bonds is 5. The number of fused-ring (bicyclic) bond motifs is 1. The first-order valence-corrected chi connectivity index (χ1v) is 11.1. The summed E-state index contributed by atoms with van der Waals surface area (Å²) in [6, 6.07) is 7.80. The smallest absolute Gasteiger partial charge is 0.261 e. The van der Waals surface area contributed by atoms with Crippen LogP contribution in [0.25, 0.3) is 10.9 Å². The zero-order chi connectivity index (χ0) is 21.1. The average Bonchev–Trinajstić information content (AvgIpc) is 2.75. The summed E-state index contributed by atoms with van der Waals surface area (Å²) < 4.78 is 1.50. The van der Waals surface area contributed by atoms with Crippen molar-refractivity contribution in [1.82, 2.24) is 19.4 Å². The number of likely N-dealkylation sites (tertiary alicyclic amines) is 2. The Bertz CT molecular complexity index is 949. The number of aliphatic hydroxyl groups is 1. The maximum atomic E-state index is 12.7. The molecule has 3 heterocycles. The van der Waals surface area contributed by atoms with Crippen molar-refractivity contribution in [2.75, 3.05) is 26.2 Å².